The van der Waals surface area contributed by atoms with E-state index in [4.69, 9.17) is 4.74 Å². The summed E-state index contributed by atoms with van der Waals surface area (Å²) in [6.07, 6.45) is 4.30. The van der Waals surface area contributed by atoms with E-state index in [1.807, 2.05) is 0 Å². The van der Waals surface area contributed by atoms with E-state index in [2.05, 4.69) is 26.1 Å². The normalized spacial score (nSPS) is 21.4. The maximum atomic E-state index is 5.06. The fourth-order valence-electron chi connectivity index (χ4n) is 2.42. The molecule has 1 aliphatic rings. The molecule has 1 unspecified atom stereocenters. The number of rotatable bonds is 7. The molecule has 0 saturated heterocycles. The highest BCUT2D eigenvalue weighted by atomic mass is 16.5. The Hall–Kier alpha value is -0.0800. The molecule has 2 nitrogen and oxygen atoms in total. The number of hydrogen-bond donors (Lipinski definition) is 1. The van der Waals surface area contributed by atoms with E-state index in [1.165, 1.54) is 19.3 Å². The van der Waals surface area contributed by atoms with Gasteiger partial charge >= 0.3 is 0 Å². The molecule has 0 bridgehead atoms. The third-order valence-corrected chi connectivity index (χ3v) is 4.35. The summed E-state index contributed by atoms with van der Waals surface area (Å²) in [5.41, 5.74) is 0.478. The lowest BCUT2D eigenvalue weighted by atomic mass is 9.61. The molecule has 0 aromatic heterocycles. The van der Waals surface area contributed by atoms with Crippen molar-refractivity contribution in [3.63, 3.8) is 0 Å². The third kappa shape index (κ3) is 3.18. The highest BCUT2D eigenvalue weighted by Crippen LogP contribution is 2.46. The highest BCUT2D eigenvalue weighted by Gasteiger charge is 2.39. The third-order valence-electron chi connectivity index (χ3n) is 4.35. The van der Waals surface area contributed by atoms with Gasteiger partial charge in [0, 0.05) is 20.2 Å². The molecule has 0 amide bonds. The van der Waals surface area contributed by atoms with Crippen molar-refractivity contribution in [2.45, 2.75) is 40.0 Å². The molecule has 1 N–H and O–H groups in total. The lowest BCUT2D eigenvalue weighted by Crippen LogP contribution is -2.45. The molecule has 90 valence electrons. The van der Waals surface area contributed by atoms with E-state index in [1.54, 1.807) is 7.11 Å². The Balaban J connectivity index is 2.35. The van der Waals surface area contributed by atoms with Gasteiger partial charge in [0.25, 0.3) is 0 Å². The van der Waals surface area contributed by atoms with Gasteiger partial charge in [-0.25, -0.2) is 0 Å². The van der Waals surface area contributed by atoms with Crippen molar-refractivity contribution in [1.29, 1.82) is 0 Å². The van der Waals surface area contributed by atoms with Crippen molar-refractivity contribution < 1.29 is 4.74 Å². The minimum absolute atomic E-state index is 0.478. The van der Waals surface area contributed by atoms with Crippen molar-refractivity contribution in [3.8, 4) is 0 Å². The second-order valence-electron chi connectivity index (χ2n) is 5.46. The molecule has 1 fully saturated rings. The van der Waals surface area contributed by atoms with Gasteiger partial charge in [0.1, 0.15) is 0 Å². The van der Waals surface area contributed by atoms with E-state index in [9.17, 15) is 0 Å². The Labute approximate surface area is 94.8 Å². The standard InChI is InChI=1S/C13H27NO/c1-11(2)13(3,12-6-5-7-12)10-14-8-9-15-4/h11-12,14H,5-10H2,1-4H3. The van der Waals surface area contributed by atoms with Crippen molar-refractivity contribution in [2.24, 2.45) is 17.3 Å². The number of ether oxygens (including phenoxy) is 1. The van der Waals surface area contributed by atoms with E-state index in [0.717, 1.165) is 31.5 Å². The summed E-state index contributed by atoms with van der Waals surface area (Å²) in [6.45, 7) is 10.1. The first-order valence-corrected chi connectivity index (χ1v) is 6.31. The van der Waals surface area contributed by atoms with E-state index in [0.29, 0.717) is 5.41 Å². The number of nitrogens with one attached hydrogen (secondary N) is 1. The SMILES string of the molecule is COCCNCC(C)(C(C)C)C1CCC1. The van der Waals surface area contributed by atoms with E-state index < -0.39 is 0 Å². The Kier molecular flexibility index (Phi) is 5.07. The summed E-state index contributed by atoms with van der Waals surface area (Å²) in [7, 11) is 1.76. The first-order chi connectivity index (χ1) is 7.11. The van der Waals surface area contributed by atoms with Crippen LogP contribution in [0.1, 0.15) is 40.0 Å². The van der Waals surface area contributed by atoms with Crippen LogP contribution < -0.4 is 5.32 Å². The fourth-order valence-corrected chi connectivity index (χ4v) is 2.42. The van der Waals surface area contributed by atoms with Crippen molar-refractivity contribution in [3.05, 3.63) is 0 Å². The summed E-state index contributed by atoms with van der Waals surface area (Å²) in [6, 6.07) is 0. The molecule has 0 aliphatic heterocycles. The van der Waals surface area contributed by atoms with Gasteiger partial charge in [-0.05, 0) is 30.1 Å². The molecule has 0 aromatic rings. The van der Waals surface area contributed by atoms with Crippen LogP contribution in [0.15, 0.2) is 0 Å². The summed E-state index contributed by atoms with van der Waals surface area (Å²) < 4.78 is 5.06. The molecule has 15 heavy (non-hydrogen) atoms. The van der Waals surface area contributed by atoms with Crippen LogP contribution in [0.25, 0.3) is 0 Å². The van der Waals surface area contributed by atoms with Gasteiger partial charge in [0.15, 0.2) is 0 Å². The zero-order chi connectivity index (χ0) is 11.3. The van der Waals surface area contributed by atoms with Gasteiger partial charge < -0.3 is 10.1 Å². The largest absolute Gasteiger partial charge is 0.383 e. The molecule has 1 aliphatic carbocycles. The Morgan fingerprint density at radius 1 is 1.40 bits per heavy atom. The van der Waals surface area contributed by atoms with Crippen molar-refractivity contribution >= 4 is 0 Å². The maximum Gasteiger partial charge on any atom is 0.0587 e. The number of hydrogen-bond acceptors (Lipinski definition) is 2. The van der Waals surface area contributed by atoms with Crippen LogP contribution in [0.3, 0.4) is 0 Å². The summed E-state index contributed by atoms with van der Waals surface area (Å²) in [4.78, 5) is 0. The minimum Gasteiger partial charge on any atom is -0.383 e. The number of methoxy groups -OCH3 is 1. The van der Waals surface area contributed by atoms with Gasteiger partial charge in [-0.1, -0.05) is 27.2 Å². The first kappa shape index (κ1) is 13.0. The zero-order valence-electron chi connectivity index (χ0n) is 10.8. The smallest absolute Gasteiger partial charge is 0.0587 e. The average Bonchev–Trinajstić information content (AvgIpc) is 2.09. The predicted octanol–water partition coefficient (Wildman–Crippen LogP) is 2.68. The van der Waals surface area contributed by atoms with Crippen molar-refractivity contribution in [1.82, 2.24) is 5.32 Å². The van der Waals surface area contributed by atoms with Crippen LogP contribution in [-0.2, 0) is 4.74 Å². The quantitative estimate of drug-likeness (QED) is 0.657. The minimum atomic E-state index is 0.478. The molecular weight excluding hydrogens is 186 g/mol. The lowest BCUT2D eigenvalue weighted by Gasteiger charge is -2.46. The molecular formula is C13H27NO. The molecule has 2 heteroatoms. The zero-order valence-corrected chi connectivity index (χ0v) is 10.8. The fraction of sp³-hybridized carbons (Fsp3) is 1.00. The van der Waals surface area contributed by atoms with Gasteiger partial charge in [-0.15, -0.1) is 0 Å². The molecule has 0 radical (unpaired) electrons. The van der Waals surface area contributed by atoms with Crippen LogP contribution >= 0.6 is 0 Å². The van der Waals surface area contributed by atoms with Crippen molar-refractivity contribution in [2.75, 3.05) is 26.8 Å². The van der Waals surface area contributed by atoms with Gasteiger partial charge in [-0.2, -0.15) is 0 Å². The average molecular weight is 213 g/mol. The van der Waals surface area contributed by atoms with E-state index in [-0.39, 0.29) is 0 Å². The van der Waals surface area contributed by atoms with Gasteiger partial charge in [0.05, 0.1) is 6.61 Å². The first-order valence-electron chi connectivity index (χ1n) is 6.31. The van der Waals surface area contributed by atoms with Gasteiger partial charge in [0.2, 0.25) is 0 Å². The molecule has 1 atom stereocenters. The van der Waals surface area contributed by atoms with Gasteiger partial charge in [-0.3, -0.25) is 0 Å². The monoisotopic (exact) mass is 213 g/mol. The maximum absolute atomic E-state index is 5.06. The Morgan fingerprint density at radius 3 is 2.47 bits per heavy atom. The summed E-state index contributed by atoms with van der Waals surface area (Å²) in [5.74, 6) is 1.70. The van der Waals surface area contributed by atoms with Crippen LogP contribution in [0.5, 0.6) is 0 Å². The highest BCUT2D eigenvalue weighted by molar-refractivity contribution is 4.91. The second kappa shape index (κ2) is 5.86. The van der Waals surface area contributed by atoms with Crippen LogP contribution in [0, 0.1) is 17.3 Å². The summed E-state index contributed by atoms with van der Waals surface area (Å²) in [5, 5.41) is 3.53. The van der Waals surface area contributed by atoms with Crippen LogP contribution in [0.2, 0.25) is 0 Å². The molecule has 0 heterocycles. The topological polar surface area (TPSA) is 21.3 Å². The Morgan fingerprint density at radius 2 is 2.07 bits per heavy atom. The molecule has 0 spiro atoms. The Bertz CT molecular complexity index is 177. The lowest BCUT2D eigenvalue weighted by molar-refractivity contribution is 0.0498. The van der Waals surface area contributed by atoms with Crippen LogP contribution in [-0.4, -0.2) is 26.8 Å². The molecule has 1 rings (SSSR count). The predicted molar refractivity (Wildman–Crippen MR) is 65.0 cm³/mol. The summed E-state index contributed by atoms with van der Waals surface area (Å²) >= 11 is 0. The molecule has 1 saturated carbocycles. The van der Waals surface area contributed by atoms with Crippen LogP contribution in [0.4, 0.5) is 0 Å². The second-order valence-corrected chi connectivity index (χ2v) is 5.46. The van der Waals surface area contributed by atoms with E-state index >= 15 is 0 Å². The molecule has 0 aromatic carbocycles.